The Balaban J connectivity index is 1.99. The van der Waals surface area contributed by atoms with E-state index in [1.165, 1.54) is 25.7 Å². The topological polar surface area (TPSA) is 29.1 Å². The van der Waals surface area contributed by atoms with Crippen molar-refractivity contribution in [1.82, 2.24) is 5.32 Å². The van der Waals surface area contributed by atoms with Crippen molar-refractivity contribution in [3.63, 3.8) is 0 Å². The van der Waals surface area contributed by atoms with Crippen LogP contribution in [0.3, 0.4) is 0 Å². The van der Waals surface area contributed by atoms with E-state index in [0.717, 1.165) is 11.8 Å². The van der Waals surface area contributed by atoms with Crippen LogP contribution in [-0.2, 0) is 4.79 Å². The summed E-state index contributed by atoms with van der Waals surface area (Å²) in [5, 5.41) is 3.49. The van der Waals surface area contributed by atoms with Gasteiger partial charge in [-0.25, -0.2) is 0 Å². The molecule has 5 fully saturated rings. The summed E-state index contributed by atoms with van der Waals surface area (Å²) in [6, 6.07) is 0. The van der Waals surface area contributed by atoms with Crippen LogP contribution >= 0.6 is 0 Å². The van der Waals surface area contributed by atoms with E-state index in [0.29, 0.717) is 17.6 Å². The average Bonchev–Trinajstić information content (AvgIpc) is 2.16. The normalized spacial score (nSPS) is 54.1. The van der Waals surface area contributed by atoms with Gasteiger partial charge in [-0.15, -0.1) is 0 Å². The number of ketones is 1. The number of hydrogen-bond acceptors (Lipinski definition) is 2. The Morgan fingerprint density at radius 3 is 2.64 bits per heavy atom. The molecule has 5 saturated carbocycles. The van der Waals surface area contributed by atoms with Crippen molar-refractivity contribution in [3.8, 4) is 0 Å². The molecule has 4 bridgehead atoms. The molecule has 78 valence electrons. The highest BCUT2D eigenvalue weighted by molar-refractivity contribution is 5.81. The van der Waals surface area contributed by atoms with Gasteiger partial charge in [0.25, 0.3) is 0 Å². The Morgan fingerprint density at radius 1 is 1.36 bits per heavy atom. The molecule has 0 aromatic carbocycles. The Kier molecular flexibility index (Phi) is 1.65. The minimum absolute atomic E-state index is 0.220. The van der Waals surface area contributed by atoms with Crippen molar-refractivity contribution in [2.45, 2.75) is 38.1 Å². The zero-order valence-electron chi connectivity index (χ0n) is 9.05. The van der Waals surface area contributed by atoms with Crippen LogP contribution in [-0.4, -0.2) is 18.4 Å². The monoisotopic (exact) mass is 193 g/mol. The van der Waals surface area contributed by atoms with Crippen molar-refractivity contribution in [2.75, 3.05) is 7.05 Å². The largest absolute Gasteiger partial charge is 0.313 e. The van der Waals surface area contributed by atoms with E-state index in [2.05, 4.69) is 5.32 Å². The van der Waals surface area contributed by atoms with Gasteiger partial charge in [0.05, 0.1) is 0 Å². The first-order chi connectivity index (χ1) is 6.69. The average molecular weight is 193 g/mol. The van der Waals surface area contributed by atoms with E-state index in [9.17, 15) is 4.79 Å². The van der Waals surface area contributed by atoms with Crippen LogP contribution in [0.15, 0.2) is 0 Å². The minimum Gasteiger partial charge on any atom is -0.313 e. The van der Waals surface area contributed by atoms with Gasteiger partial charge in [0.1, 0.15) is 5.78 Å². The lowest BCUT2D eigenvalue weighted by molar-refractivity contribution is -0.170. The van der Waals surface area contributed by atoms with Gasteiger partial charge < -0.3 is 5.32 Å². The van der Waals surface area contributed by atoms with Gasteiger partial charge in [-0.05, 0) is 57.4 Å². The number of carbonyl (C=O) groups excluding carboxylic acids is 1. The number of nitrogens with one attached hydrogen (secondary N) is 1. The predicted octanol–water partition coefficient (Wildman–Crippen LogP) is 1.60. The fraction of sp³-hybridized carbons (Fsp3) is 0.917. The SMILES string of the molecule is CN[C@@]12CC3CC(CCC31)[C@H]2C(C)=O. The molecule has 0 aliphatic heterocycles. The van der Waals surface area contributed by atoms with Gasteiger partial charge in [-0.1, -0.05) is 0 Å². The molecule has 5 rings (SSSR count). The van der Waals surface area contributed by atoms with Crippen molar-refractivity contribution in [1.29, 1.82) is 0 Å². The molecule has 0 aromatic heterocycles. The Morgan fingerprint density at radius 2 is 2.14 bits per heavy atom. The van der Waals surface area contributed by atoms with E-state index in [1.807, 2.05) is 7.05 Å². The van der Waals surface area contributed by atoms with E-state index in [4.69, 9.17) is 0 Å². The van der Waals surface area contributed by atoms with E-state index in [1.54, 1.807) is 6.92 Å². The van der Waals surface area contributed by atoms with Crippen LogP contribution in [0, 0.1) is 23.7 Å². The first kappa shape index (κ1) is 8.90. The van der Waals surface area contributed by atoms with Crippen LogP contribution in [0.25, 0.3) is 0 Å². The number of carbonyl (C=O) groups is 1. The fourth-order valence-corrected chi connectivity index (χ4v) is 4.85. The van der Waals surface area contributed by atoms with Crippen LogP contribution in [0.5, 0.6) is 0 Å². The summed E-state index contributed by atoms with van der Waals surface area (Å²) in [5.74, 6) is 3.20. The smallest absolute Gasteiger partial charge is 0.135 e. The standard InChI is InChI=1S/C12H19NO/c1-7(14)11-8-3-4-10-9(5-8)6-12(10,11)13-2/h8-11,13H,3-6H2,1-2H3/t8?,9?,10?,11-,12+/m1/s1. The summed E-state index contributed by atoms with van der Waals surface area (Å²) in [5.41, 5.74) is 0.220. The summed E-state index contributed by atoms with van der Waals surface area (Å²) in [6.07, 6.45) is 5.25. The quantitative estimate of drug-likeness (QED) is 0.721. The molecule has 3 unspecified atom stereocenters. The molecule has 0 amide bonds. The maximum atomic E-state index is 11.7. The van der Waals surface area contributed by atoms with Gasteiger partial charge in [0.2, 0.25) is 0 Å². The molecular formula is C12H19NO. The van der Waals surface area contributed by atoms with Crippen molar-refractivity contribution in [2.24, 2.45) is 23.7 Å². The van der Waals surface area contributed by atoms with E-state index in [-0.39, 0.29) is 5.54 Å². The fourth-order valence-electron chi connectivity index (χ4n) is 4.85. The number of hydrogen-bond donors (Lipinski definition) is 1. The van der Waals surface area contributed by atoms with E-state index < -0.39 is 0 Å². The summed E-state index contributed by atoms with van der Waals surface area (Å²) in [6.45, 7) is 1.79. The Labute approximate surface area is 85.4 Å². The van der Waals surface area contributed by atoms with Crippen molar-refractivity contribution < 1.29 is 4.79 Å². The molecule has 2 nitrogen and oxygen atoms in total. The Bertz CT molecular complexity index is 288. The highest BCUT2D eigenvalue weighted by atomic mass is 16.1. The number of rotatable bonds is 2. The van der Waals surface area contributed by atoms with Gasteiger partial charge in [-0.2, -0.15) is 0 Å². The van der Waals surface area contributed by atoms with Gasteiger partial charge >= 0.3 is 0 Å². The summed E-state index contributed by atoms with van der Waals surface area (Å²) >= 11 is 0. The van der Waals surface area contributed by atoms with Crippen LogP contribution in [0.4, 0.5) is 0 Å². The van der Waals surface area contributed by atoms with E-state index >= 15 is 0 Å². The highest BCUT2D eigenvalue weighted by Crippen LogP contribution is 2.64. The highest BCUT2D eigenvalue weighted by Gasteiger charge is 2.66. The van der Waals surface area contributed by atoms with Gasteiger partial charge in [-0.3, -0.25) is 4.79 Å². The minimum atomic E-state index is 0.220. The first-order valence-electron chi connectivity index (χ1n) is 5.88. The lowest BCUT2D eigenvalue weighted by Crippen LogP contribution is -2.74. The van der Waals surface area contributed by atoms with Crippen molar-refractivity contribution >= 4 is 5.78 Å². The molecule has 0 radical (unpaired) electrons. The first-order valence-corrected chi connectivity index (χ1v) is 5.88. The van der Waals surface area contributed by atoms with Crippen molar-refractivity contribution in [3.05, 3.63) is 0 Å². The molecule has 0 saturated heterocycles. The maximum Gasteiger partial charge on any atom is 0.135 e. The second-order valence-electron chi connectivity index (χ2n) is 5.52. The van der Waals surface area contributed by atoms with Crippen LogP contribution in [0.2, 0.25) is 0 Å². The molecule has 5 atom stereocenters. The second kappa shape index (κ2) is 2.60. The maximum absolute atomic E-state index is 11.7. The number of Topliss-reactive ketones (excluding diaryl/α,β-unsaturated/α-hetero) is 1. The van der Waals surface area contributed by atoms with Gasteiger partial charge in [0, 0.05) is 11.5 Å². The molecule has 5 aliphatic carbocycles. The number of fused-ring (bicyclic) bond motifs is 1. The summed E-state index contributed by atoms with van der Waals surface area (Å²) < 4.78 is 0. The molecular weight excluding hydrogens is 174 g/mol. The zero-order valence-corrected chi connectivity index (χ0v) is 9.05. The van der Waals surface area contributed by atoms with Crippen LogP contribution < -0.4 is 5.32 Å². The van der Waals surface area contributed by atoms with Crippen LogP contribution in [0.1, 0.15) is 32.6 Å². The lowest BCUT2D eigenvalue weighted by atomic mass is 9.39. The molecule has 14 heavy (non-hydrogen) atoms. The summed E-state index contributed by atoms with van der Waals surface area (Å²) in [7, 11) is 2.05. The third-order valence-corrected chi connectivity index (χ3v) is 5.21. The predicted molar refractivity (Wildman–Crippen MR) is 54.9 cm³/mol. The second-order valence-corrected chi connectivity index (χ2v) is 5.52. The lowest BCUT2D eigenvalue weighted by Gasteiger charge is -2.69. The molecule has 2 heteroatoms. The third-order valence-electron chi connectivity index (χ3n) is 5.21. The third kappa shape index (κ3) is 0.796. The molecule has 0 aromatic rings. The molecule has 0 heterocycles. The molecule has 0 spiro atoms. The Hall–Kier alpha value is -0.370. The zero-order chi connectivity index (χ0) is 9.92. The summed E-state index contributed by atoms with van der Waals surface area (Å²) in [4.78, 5) is 11.7. The molecule has 5 aliphatic rings. The van der Waals surface area contributed by atoms with Gasteiger partial charge in [0.15, 0.2) is 0 Å². The molecule has 1 N–H and O–H groups in total.